The Bertz CT molecular complexity index is 778. The molecule has 0 unspecified atom stereocenters. The molecule has 3 aliphatic carbocycles. The van der Waals surface area contributed by atoms with Gasteiger partial charge < -0.3 is 15.4 Å². The van der Waals surface area contributed by atoms with Gasteiger partial charge >= 0.3 is 5.97 Å². The molecule has 4 rings (SSSR count). The van der Waals surface area contributed by atoms with Gasteiger partial charge in [0.15, 0.2) is 0 Å². The van der Waals surface area contributed by atoms with E-state index in [1.54, 1.807) is 0 Å². The van der Waals surface area contributed by atoms with Gasteiger partial charge in [-0.05, 0) is 36.8 Å². The molecule has 0 aromatic rings. The number of rotatable bonds is 1. The summed E-state index contributed by atoms with van der Waals surface area (Å²) in [6, 6.07) is 9.34. The summed E-state index contributed by atoms with van der Waals surface area (Å²) in [7, 11) is 1.37. The molecular formula is C18H18N2O3. The second-order valence-corrected chi connectivity index (χ2v) is 6.22. The van der Waals surface area contributed by atoms with Crippen molar-refractivity contribution < 1.29 is 14.3 Å². The molecule has 0 radical (unpaired) electrons. The largest absolute Gasteiger partial charge is 0.465 e. The summed E-state index contributed by atoms with van der Waals surface area (Å²) in [4.78, 5) is 25.2. The van der Waals surface area contributed by atoms with Crippen molar-refractivity contribution in [2.75, 3.05) is 12.4 Å². The van der Waals surface area contributed by atoms with E-state index in [4.69, 9.17) is 4.74 Å². The zero-order chi connectivity index (χ0) is 16.0. The van der Waals surface area contributed by atoms with Crippen LogP contribution in [-0.4, -0.2) is 24.6 Å². The van der Waals surface area contributed by atoms with Crippen LogP contribution in [0, 0.1) is 0 Å². The lowest BCUT2D eigenvalue weighted by Gasteiger charge is -2.37. The van der Waals surface area contributed by atoms with Gasteiger partial charge in [-0.3, -0.25) is 4.79 Å². The van der Waals surface area contributed by atoms with E-state index >= 15 is 0 Å². The fraction of sp³-hybridized carbons (Fsp3) is 0.333. The summed E-state index contributed by atoms with van der Waals surface area (Å²) in [6.45, 7) is 0. The molecule has 5 heteroatoms. The zero-order valence-corrected chi connectivity index (χ0v) is 12.9. The van der Waals surface area contributed by atoms with Gasteiger partial charge in [-0.1, -0.05) is 30.3 Å². The molecule has 118 valence electrons. The Morgan fingerprint density at radius 3 is 2.48 bits per heavy atom. The smallest absolute Gasteiger partial charge is 0.340 e. The lowest BCUT2D eigenvalue weighted by atomic mass is 10.0. The van der Waals surface area contributed by atoms with Gasteiger partial charge in [0, 0.05) is 0 Å². The van der Waals surface area contributed by atoms with Gasteiger partial charge in [0.2, 0.25) is 0 Å². The number of amides is 1. The Morgan fingerprint density at radius 1 is 1.09 bits per heavy atom. The van der Waals surface area contributed by atoms with Crippen molar-refractivity contribution in [1.29, 1.82) is 0 Å². The topological polar surface area (TPSA) is 67.4 Å². The van der Waals surface area contributed by atoms with E-state index in [1.807, 2.05) is 30.3 Å². The van der Waals surface area contributed by atoms with E-state index in [2.05, 4.69) is 10.6 Å². The molecule has 1 aliphatic heterocycles. The van der Waals surface area contributed by atoms with Crippen molar-refractivity contribution in [1.82, 2.24) is 5.32 Å². The Labute approximate surface area is 134 Å². The third-order valence-electron chi connectivity index (χ3n) is 4.87. The van der Waals surface area contributed by atoms with E-state index in [0.717, 1.165) is 36.8 Å². The molecule has 0 aromatic carbocycles. The van der Waals surface area contributed by atoms with Crippen molar-refractivity contribution in [3.63, 3.8) is 0 Å². The van der Waals surface area contributed by atoms with Crippen molar-refractivity contribution in [3.05, 3.63) is 41.5 Å². The van der Waals surface area contributed by atoms with Crippen molar-refractivity contribution in [3.8, 4) is 11.1 Å². The molecule has 0 atom stereocenters. The molecule has 5 nitrogen and oxygen atoms in total. The lowest BCUT2D eigenvalue weighted by molar-refractivity contribution is 0.0603. The third kappa shape index (κ3) is 2.00. The molecule has 1 spiro atoms. The monoisotopic (exact) mass is 310 g/mol. The molecule has 1 amide bonds. The van der Waals surface area contributed by atoms with E-state index in [9.17, 15) is 9.59 Å². The van der Waals surface area contributed by atoms with Crippen molar-refractivity contribution in [2.24, 2.45) is 0 Å². The zero-order valence-electron chi connectivity index (χ0n) is 12.9. The predicted octanol–water partition coefficient (Wildman–Crippen LogP) is 3.00. The first-order valence-electron chi connectivity index (χ1n) is 7.89. The molecule has 0 bridgehead atoms. The summed E-state index contributed by atoms with van der Waals surface area (Å²) in [5.74, 6) is -0.537. The van der Waals surface area contributed by atoms with Crippen molar-refractivity contribution in [2.45, 2.75) is 31.3 Å². The van der Waals surface area contributed by atoms with E-state index in [1.165, 1.54) is 7.11 Å². The number of ether oxygens (including phenoxy) is 1. The maximum absolute atomic E-state index is 12.8. The number of fused-ring (bicyclic) bond motifs is 3. The average molecular weight is 310 g/mol. The molecule has 4 aliphatic rings. The number of hydrogen-bond acceptors (Lipinski definition) is 4. The van der Waals surface area contributed by atoms with Crippen LogP contribution in [0.15, 0.2) is 30.3 Å². The van der Waals surface area contributed by atoms with Crippen LogP contribution in [-0.2, 0) is 4.74 Å². The van der Waals surface area contributed by atoms with Crippen LogP contribution >= 0.6 is 0 Å². The minimum Gasteiger partial charge on any atom is -0.465 e. The molecule has 0 aromatic heterocycles. The number of carbonyl (C=O) groups is 2. The summed E-state index contributed by atoms with van der Waals surface area (Å²) in [6.07, 6.45) is 3.86. The van der Waals surface area contributed by atoms with Crippen LogP contribution in [0.4, 0.5) is 5.69 Å². The predicted molar refractivity (Wildman–Crippen MR) is 86.7 cm³/mol. The number of hydrogen-bond donors (Lipinski definition) is 2. The molecule has 1 saturated carbocycles. The Balaban J connectivity index is 1.99. The Morgan fingerprint density at radius 2 is 1.78 bits per heavy atom. The number of esters is 1. The van der Waals surface area contributed by atoms with Gasteiger partial charge in [-0.25, -0.2) is 4.79 Å². The standard InChI is InChI=1S/C18H18N2O3/c1-23-17(22)14-12-8-4-2-3-7-11(12)13-15(14)19-18(20-16(13)21)9-5-6-10-18/h2-4,7-8,19H,5-6,9-10H2,1H3,(H,20,21). The number of methoxy groups -OCH3 is 1. The average Bonchev–Trinajstić information content (AvgIpc) is 3.01. The van der Waals surface area contributed by atoms with Crippen LogP contribution in [0.1, 0.15) is 46.4 Å². The second-order valence-electron chi connectivity index (χ2n) is 6.22. The summed E-state index contributed by atoms with van der Waals surface area (Å²) in [5.41, 5.74) is 2.68. The van der Waals surface area contributed by atoms with Crippen LogP contribution in [0.3, 0.4) is 0 Å². The van der Waals surface area contributed by atoms with Crippen LogP contribution in [0.25, 0.3) is 11.1 Å². The number of nitrogens with one attached hydrogen (secondary N) is 2. The molecular weight excluding hydrogens is 292 g/mol. The first-order valence-corrected chi connectivity index (χ1v) is 7.89. The highest BCUT2D eigenvalue weighted by Gasteiger charge is 2.44. The minimum absolute atomic E-state index is 0.119. The van der Waals surface area contributed by atoms with Gasteiger partial charge in [-0.2, -0.15) is 0 Å². The molecule has 23 heavy (non-hydrogen) atoms. The van der Waals surface area contributed by atoms with Gasteiger partial charge in [0.05, 0.1) is 23.9 Å². The first-order chi connectivity index (χ1) is 11.2. The maximum atomic E-state index is 12.8. The molecule has 2 N–H and O–H groups in total. The highest BCUT2D eigenvalue weighted by Crippen LogP contribution is 2.46. The van der Waals surface area contributed by atoms with Gasteiger partial charge in [0.25, 0.3) is 5.91 Å². The molecule has 0 saturated heterocycles. The fourth-order valence-corrected chi connectivity index (χ4v) is 3.83. The normalized spacial score (nSPS) is 18.4. The Hall–Kier alpha value is -2.56. The molecule has 1 heterocycles. The minimum atomic E-state index is -0.431. The first kappa shape index (κ1) is 14.1. The highest BCUT2D eigenvalue weighted by molar-refractivity contribution is 6.18. The van der Waals surface area contributed by atoms with E-state index in [-0.39, 0.29) is 5.91 Å². The van der Waals surface area contributed by atoms with E-state index < -0.39 is 11.6 Å². The summed E-state index contributed by atoms with van der Waals surface area (Å²) in [5, 5.41) is 6.57. The highest BCUT2D eigenvalue weighted by atomic mass is 16.5. The molecule has 1 fully saturated rings. The van der Waals surface area contributed by atoms with Crippen molar-refractivity contribution >= 4 is 17.6 Å². The third-order valence-corrected chi connectivity index (χ3v) is 4.87. The Kier molecular flexibility index (Phi) is 3.04. The van der Waals surface area contributed by atoms with Gasteiger partial charge in [-0.15, -0.1) is 0 Å². The second kappa shape index (κ2) is 4.98. The van der Waals surface area contributed by atoms with Crippen LogP contribution in [0.2, 0.25) is 0 Å². The fourth-order valence-electron chi connectivity index (χ4n) is 3.83. The summed E-state index contributed by atoms with van der Waals surface area (Å²) >= 11 is 0. The number of carbonyl (C=O) groups excluding carboxylic acids is 2. The van der Waals surface area contributed by atoms with Crippen LogP contribution < -0.4 is 10.6 Å². The van der Waals surface area contributed by atoms with E-state index in [0.29, 0.717) is 16.8 Å². The van der Waals surface area contributed by atoms with Crippen LogP contribution in [0.5, 0.6) is 0 Å². The lowest BCUT2D eigenvalue weighted by Crippen LogP contribution is -2.55. The van der Waals surface area contributed by atoms with Gasteiger partial charge in [0.1, 0.15) is 5.66 Å². The quantitative estimate of drug-likeness (QED) is 0.795. The summed E-state index contributed by atoms with van der Waals surface area (Å²) < 4.78 is 4.98. The number of anilines is 1. The SMILES string of the molecule is COC(=O)c1c2cccccc-2c2c1NC1(CCCC1)NC2=O. The maximum Gasteiger partial charge on any atom is 0.340 e.